The Morgan fingerprint density at radius 2 is 1.71 bits per heavy atom. The molecule has 0 amide bonds. The Morgan fingerprint density at radius 3 is 2.49 bits per heavy atom. The minimum atomic E-state index is -0.263. The predicted molar refractivity (Wildman–Crippen MR) is 139 cm³/mol. The molecule has 5 aromatic rings. The van der Waals surface area contributed by atoms with Gasteiger partial charge >= 0.3 is 0 Å². The van der Waals surface area contributed by atoms with Gasteiger partial charge in [-0.05, 0) is 36.8 Å². The summed E-state index contributed by atoms with van der Waals surface area (Å²) >= 11 is 0. The van der Waals surface area contributed by atoms with Gasteiger partial charge in [-0.1, -0.05) is 37.3 Å². The van der Waals surface area contributed by atoms with Crippen molar-refractivity contribution in [3.63, 3.8) is 0 Å². The molecule has 6 rings (SSSR count). The first-order chi connectivity index (χ1) is 17.1. The van der Waals surface area contributed by atoms with E-state index in [4.69, 9.17) is 10.7 Å². The summed E-state index contributed by atoms with van der Waals surface area (Å²) in [6.07, 6.45) is 0.843. The van der Waals surface area contributed by atoms with Crippen LogP contribution in [0.2, 0.25) is 0 Å². The number of hydrogen-bond donors (Lipinski definition) is 2. The van der Waals surface area contributed by atoms with Crippen LogP contribution in [0.3, 0.4) is 0 Å². The zero-order chi connectivity index (χ0) is 23.9. The Morgan fingerprint density at radius 1 is 0.943 bits per heavy atom. The molecule has 0 unspecified atom stereocenters. The van der Waals surface area contributed by atoms with Gasteiger partial charge in [0.15, 0.2) is 11.6 Å². The van der Waals surface area contributed by atoms with Crippen molar-refractivity contribution in [1.82, 2.24) is 20.2 Å². The molecule has 1 aliphatic heterocycles. The second-order valence-electron chi connectivity index (χ2n) is 8.82. The van der Waals surface area contributed by atoms with Crippen molar-refractivity contribution in [2.75, 3.05) is 41.7 Å². The number of nitrogens with two attached hydrogens (primary N) is 1. The summed E-state index contributed by atoms with van der Waals surface area (Å²) in [4.78, 5) is 14.3. The molecule has 3 N–H and O–H groups in total. The molecule has 35 heavy (non-hydrogen) atoms. The molecule has 3 heterocycles. The summed E-state index contributed by atoms with van der Waals surface area (Å²) < 4.78 is 13.6. The third-order valence-electron chi connectivity index (χ3n) is 6.77. The van der Waals surface area contributed by atoms with Gasteiger partial charge in [0.2, 0.25) is 0 Å². The number of aromatic amines is 1. The van der Waals surface area contributed by atoms with Crippen LogP contribution in [0.1, 0.15) is 12.5 Å². The van der Waals surface area contributed by atoms with Gasteiger partial charge in [-0.25, -0.2) is 14.4 Å². The molecule has 0 radical (unpaired) electrons. The number of H-pyrrole nitrogens is 1. The van der Waals surface area contributed by atoms with Crippen molar-refractivity contribution in [2.24, 2.45) is 0 Å². The van der Waals surface area contributed by atoms with Crippen LogP contribution in [0.5, 0.6) is 0 Å². The number of halogens is 1. The first kappa shape index (κ1) is 21.3. The van der Waals surface area contributed by atoms with Gasteiger partial charge in [-0.2, -0.15) is 5.10 Å². The molecule has 1 saturated heterocycles. The van der Waals surface area contributed by atoms with Crippen LogP contribution in [-0.2, 0) is 6.42 Å². The summed E-state index contributed by atoms with van der Waals surface area (Å²) in [5.74, 6) is 1.06. The third-order valence-corrected chi connectivity index (χ3v) is 6.77. The van der Waals surface area contributed by atoms with E-state index in [1.807, 2.05) is 36.4 Å². The van der Waals surface area contributed by atoms with Gasteiger partial charge in [0.25, 0.3) is 0 Å². The second-order valence-corrected chi connectivity index (χ2v) is 8.82. The fourth-order valence-electron chi connectivity index (χ4n) is 5.01. The summed E-state index contributed by atoms with van der Waals surface area (Å²) in [7, 11) is 0. The molecular weight excluding hydrogens is 441 g/mol. The molecule has 0 aliphatic carbocycles. The number of aromatic nitrogens is 4. The maximum atomic E-state index is 13.6. The van der Waals surface area contributed by atoms with E-state index in [-0.39, 0.29) is 5.82 Å². The third kappa shape index (κ3) is 3.71. The SMILES string of the molecule is CCc1c(N2CCN(c3n[nH]c4cc(F)ccc34)CC2)ccc2nc(N)c(-c3ccccc3)nc12. The van der Waals surface area contributed by atoms with Crippen molar-refractivity contribution in [3.05, 3.63) is 72.0 Å². The van der Waals surface area contributed by atoms with E-state index in [1.165, 1.54) is 23.4 Å². The molecule has 0 spiro atoms. The van der Waals surface area contributed by atoms with Crippen LogP contribution in [0.4, 0.5) is 21.7 Å². The van der Waals surface area contributed by atoms with Gasteiger partial charge in [0.1, 0.15) is 11.5 Å². The second kappa shape index (κ2) is 8.54. The summed E-state index contributed by atoms with van der Waals surface area (Å²) in [6, 6.07) is 18.9. The quantitative estimate of drug-likeness (QED) is 0.395. The lowest BCUT2D eigenvalue weighted by Crippen LogP contribution is -2.47. The van der Waals surface area contributed by atoms with Crippen LogP contribution in [0.15, 0.2) is 60.7 Å². The van der Waals surface area contributed by atoms with E-state index in [9.17, 15) is 4.39 Å². The minimum absolute atomic E-state index is 0.263. The van der Waals surface area contributed by atoms with Crippen molar-refractivity contribution in [3.8, 4) is 11.3 Å². The number of fused-ring (bicyclic) bond motifs is 2. The number of rotatable bonds is 4. The van der Waals surface area contributed by atoms with Crippen LogP contribution >= 0.6 is 0 Å². The number of nitrogen functional groups attached to an aromatic ring is 1. The average Bonchev–Trinajstić information content (AvgIpc) is 3.31. The lowest BCUT2D eigenvalue weighted by Gasteiger charge is -2.37. The molecule has 176 valence electrons. The van der Waals surface area contributed by atoms with Crippen LogP contribution in [-0.4, -0.2) is 46.3 Å². The van der Waals surface area contributed by atoms with Crippen molar-refractivity contribution >= 4 is 39.3 Å². The molecule has 0 bridgehead atoms. The predicted octanol–water partition coefficient (Wildman–Crippen LogP) is 4.78. The molecule has 8 heteroatoms. The summed E-state index contributed by atoms with van der Waals surface area (Å²) in [5, 5.41) is 8.37. The first-order valence-electron chi connectivity index (χ1n) is 11.9. The Kier molecular flexibility index (Phi) is 5.21. The Bertz CT molecular complexity index is 1520. The monoisotopic (exact) mass is 467 g/mol. The maximum absolute atomic E-state index is 13.6. The highest BCUT2D eigenvalue weighted by Gasteiger charge is 2.23. The van der Waals surface area contributed by atoms with E-state index in [0.29, 0.717) is 5.82 Å². The highest BCUT2D eigenvalue weighted by Crippen LogP contribution is 2.33. The van der Waals surface area contributed by atoms with Crippen LogP contribution in [0, 0.1) is 5.82 Å². The molecule has 1 fully saturated rings. The normalized spacial score (nSPS) is 14.2. The van der Waals surface area contributed by atoms with E-state index in [2.05, 4.69) is 38.0 Å². The van der Waals surface area contributed by atoms with Gasteiger partial charge < -0.3 is 15.5 Å². The number of piperazine rings is 1. The number of nitrogens with one attached hydrogen (secondary N) is 1. The number of anilines is 3. The molecule has 3 aromatic carbocycles. The number of nitrogens with zero attached hydrogens (tertiary/aromatic N) is 5. The highest BCUT2D eigenvalue weighted by atomic mass is 19.1. The molecule has 2 aromatic heterocycles. The zero-order valence-electron chi connectivity index (χ0n) is 19.5. The van der Waals surface area contributed by atoms with Crippen LogP contribution < -0.4 is 15.5 Å². The standard InChI is InChI=1S/C27H26FN7/c1-2-19-23(11-10-21-25(19)31-24(26(29)30-21)17-6-4-3-5-7-17)34-12-14-35(15-13-34)27-20-9-8-18(28)16-22(20)32-33-27/h3-11,16H,2,12-15H2,1H3,(H2,29,30)(H,32,33). The van der Waals surface area contributed by atoms with Gasteiger partial charge in [0.05, 0.1) is 16.6 Å². The Balaban J connectivity index is 1.31. The van der Waals surface area contributed by atoms with Gasteiger partial charge in [-0.15, -0.1) is 0 Å². The molecule has 7 nitrogen and oxygen atoms in total. The summed E-state index contributed by atoms with van der Waals surface area (Å²) in [5.41, 5.74) is 12.8. The molecule has 0 atom stereocenters. The minimum Gasteiger partial charge on any atom is -0.382 e. The first-order valence-corrected chi connectivity index (χ1v) is 11.9. The Hall–Kier alpha value is -4.20. The number of benzene rings is 3. The molecule has 1 aliphatic rings. The zero-order valence-corrected chi connectivity index (χ0v) is 19.5. The maximum Gasteiger partial charge on any atom is 0.158 e. The van der Waals surface area contributed by atoms with Crippen molar-refractivity contribution in [2.45, 2.75) is 13.3 Å². The van der Waals surface area contributed by atoms with Crippen molar-refractivity contribution < 1.29 is 4.39 Å². The van der Waals surface area contributed by atoms with E-state index < -0.39 is 0 Å². The fourth-order valence-corrected chi connectivity index (χ4v) is 5.01. The summed E-state index contributed by atoms with van der Waals surface area (Å²) in [6.45, 7) is 5.50. The smallest absolute Gasteiger partial charge is 0.158 e. The molecule has 0 saturated carbocycles. The number of aryl methyl sites for hydroxylation is 1. The fraction of sp³-hybridized carbons (Fsp3) is 0.222. The number of hydrogen-bond acceptors (Lipinski definition) is 6. The van der Waals surface area contributed by atoms with E-state index in [0.717, 1.165) is 71.6 Å². The Labute approximate surface area is 202 Å². The van der Waals surface area contributed by atoms with E-state index in [1.54, 1.807) is 6.07 Å². The highest BCUT2D eigenvalue weighted by molar-refractivity contribution is 5.91. The lowest BCUT2D eigenvalue weighted by molar-refractivity contribution is 0.629. The van der Waals surface area contributed by atoms with E-state index >= 15 is 0 Å². The van der Waals surface area contributed by atoms with Gasteiger partial charge in [-0.3, -0.25) is 5.10 Å². The molecular formula is C27H26FN7. The van der Waals surface area contributed by atoms with Crippen LogP contribution in [0.25, 0.3) is 33.2 Å². The van der Waals surface area contributed by atoms with Gasteiger partial charge in [0, 0.05) is 48.4 Å². The largest absolute Gasteiger partial charge is 0.382 e. The average molecular weight is 468 g/mol. The van der Waals surface area contributed by atoms with Crippen molar-refractivity contribution in [1.29, 1.82) is 0 Å². The topological polar surface area (TPSA) is 87.0 Å². The lowest BCUT2D eigenvalue weighted by atomic mass is 10.0.